The van der Waals surface area contributed by atoms with Crippen LogP contribution >= 0.6 is 0 Å². The molecular weight excluding hydrogens is 421 g/mol. The summed E-state index contributed by atoms with van der Waals surface area (Å²) in [7, 11) is 0. The van der Waals surface area contributed by atoms with Crippen LogP contribution in [0.25, 0.3) is 11.1 Å². The largest absolute Gasteiger partial charge is 0.489 e. The predicted molar refractivity (Wildman–Crippen MR) is 115 cm³/mol. The van der Waals surface area contributed by atoms with E-state index in [1.54, 1.807) is 25.1 Å². The highest BCUT2D eigenvalue weighted by Gasteiger charge is 2.29. The van der Waals surface area contributed by atoms with Gasteiger partial charge >= 0.3 is 12.1 Å². The average Bonchev–Trinajstić information content (AvgIpc) is 2.77. The second-order valence-electron chi connectivity index (χ2n) is 7.09. The highest BCUT2D eigenvalue weighted by Crippen LogP contribution is 2.31. The molecule has 0 radical (unpaired) electrons. The third-order valence-corrected chi connectivity index (χ3v) is 4.68. The van der Waals surface area contributed by atoms with Gasteiger partial charge in [-0.05, 0) is 72.5 Å². The topological polar surface area (TPSA) is 44.8 Å². The molecule has 0 aliphatic carbocycles. The van der Waals surface area contributed by atoms with Gasteiger partial charge in [-0.1, -0.05) is 30.3 Å². The summed E-state index contributed by atoms with van der Waals surface area (Å²) >= 11 is 0. The third-order valence-electron chi connectivity index (χ3n) is 4.68. The van der Waals surface area contributed by atoms with E-state index in [0.717, 1.165) is 28.8 Å². The maximum absolute atomic E-state index is 12.8. The summed E-state index contributed by atoms with van der Waals surface area (Å²) in [6, 6.07) is 17.8. The van der Waals surface area contributed by atoms with Crippen molar-refractivity contribution in [1.29, 1.82) is 0 Å². The summed E-state index contributed by atoms with van der Waals surface area (Å²) < 4.78 is 54.4. The second kappa shape index (κ2) is 10.2. The van der Waals surface area contributed by atoms with Gasteiger partial charge in [-0.25, -0.2) is 4.79 Å². The van der Waals surface area contributed by atoms with Crippen LogP contribution in [-0.4, -0.2) is 19.2 Å². The fraction of sp³-hybridized carbons (Fsp3) is 0.240. The van der Waals surface area contributed by atoms with Crippen molar-refractivity contribution in [3.63, 3.8) is 0 Å². The van der Waals surface area contributed by atoms with Crippen molar-refractivity contribution in [3.8, 4) is 22.6 Å². The molecule has 0 aliphatic rings. The Morgan fingerprint density at radius 3 is 2.31 bits per heavy atom. The number of carbonyl (C=O) groups is 1. The third kappa shape index (κ3) is 6.26. The molecule has 0 N–H and O–H groups in total. The van der Waals surface area contributed by atoms with Crippen LogP contribution < -0.4 is 9.47 Å². The fourth-order valence-electron chi connectivity index (χ4n) is 3.07. The van der Waals surface area contributed by atoms with Gasteiger partial charge in [0.1, 0.15) is 18.1 Å². The van der Waals surface area contributed by atoms with Crippen molar-refractivity contribution < 1.29 is 32.2 Å². The molecule has 0 amide bonds. The Hall–Kier alpha value is -3.48. The molecule has 0 atom stereocenters. The zero-order chi connectivity index (χ0) is 23.1. The monoisotopic (exact) mass is 444 g/mol. The molecule has 0 saturated carbocycles. The maximum Gasteiger partial charge on any atom is 0.416 e. The minimum Gasteiger partial charge on any atom is -0.489 e. The van der Waals surface area contributed by atoms with Crippen molar-refractivity contribution in [1.82, 2.24) is 0 Å². The van der Waals surface area contributed by atoms with Crippen molar-refractivity contribution in [2.24, 2.45) is 0 Å². The standard InChI is InChI=1S/C25H23F3O4/c1-3-30-24(29)16-32-23-12-11-22(13-17(23)2)31-15-18-5-4-6-20(14-18)19-7-9-21(10-8-19)25(26,27)28/h4-14H,3,15-16H2,1-2H3. The summed E-state index contributed by atoms with van der Waals surface area (Å²) in [6.07, 6.45) is -4.36. The van der Waals surface area contributed by atoms with Crippen LogP contribution in [0.5, 0.6) is 11.5 Å². The molecule has 0 saturated heterocycles. The number of benzene rings is 3. The van der Waals surface area contributed by atoms with Gasteiger partial charge < -0.3 is 14.2 Å². The molecule has 0 aromatic heterocycles. The number of halogens is 3. The average molecular weight is 444 g/mol. The maximum atomic E-state index is 12.8. The lowest BCUT2D eigenvalue weighted by Gasteiger charge is -2.12. The number of rotatable bonds is 8. The molecular formula is C25H23F3O4. The predicted octanol–water partition coefficient (Wildman–Crippen LogP) is 6.20. The van der Waals surface area contributed by atoms with Crippen molar-refractivity contribution in [2.45, 2.75) is 26.6 Å². The molecule has 3 aromatic rings. The van der Waals surface area contributed by atoms with Crippen molar-refractivity contribution >= 4 is 5.97 Å². The van der Waals surface area contributed by atoms with Gasteiger partial charge in [-0.15, -0.1) is 0 Å². The summed E-state index contributed by atoms with van der Waals surface area (Å²) in [5.41, 5.74) is 2.51. The Morgan fingerprint density at radius 2 is 1.66 bits per heavy atom. The van der Waals surface area contributed by atoms with E-state index in [4.69, 9.17) is 14.2 Å². The van der Waals surface area contributed by atoms with Gasteiger partial charge in [0.15, 0.2) is 6.61 Å². The van der Waals surface area contributed by atoms with Crippen LogP contribution in [0.15, 0.2) is 66.7 Å². The van der Waals surface area contributed by atoms with Crippen LogP contribution in [0, 0.1) is 6.92 Å². The smallest absolute Gasteiger partial charge is 0.416 e. The normalized spacial score (nSPS) is 11.2. The number of ether oxygens (including phenoxy) is 3. The van der Waals surface area contributed by atoms with E-state index in [0.29, 0.717) is 23.7 Å². The van der Waals surface area contributed by atoms with Crippen LogP contribution in [0.1, 0.15) is 23.6 Å². The molecule has 3 aromatic carbocycles. The zero-order valence-corrected chi connectivity index (χ0v) is 17.7. The minimum absolute atomic E-state index is 0.161. The Labute approximate surface area is 184 Å². The van der Waals surface area contributed by atoms with Gasteiger partial charge in [0.25, 0.3) is 0 Å². The first-order valence-corrected chi connectivity index (χ1v) is 10.0. The lowest BCUT2D eigenvalue weighted by Crippen LogP contribution is -2.14. The minimum atomic E-state index is -4.36. The fourth-order valence-corrected chi connectivity index (χ4v) is 3.07. The molecule has 168 valence electrons. The molecule has 0 heterocycles. The Kier molecular flexibility index (Phi) is 7.41. The Bertz CT molecular complexity index is 1060. The van der Waals surface area contributed by atoms with E-state index in [-0.39, 0.29) is 13.2 Å². The number of hydrogen-bond acceptors (Lipinski definition) is 4. The van der Waals surface area contributed by atoms with E-state index in [1.165, 1.54) is 12.1 Å². The summed E-state index contributed by atoms with van der Waals surface area (Å²) in [4.78, 5) is 11.4. The van der Waals surface area contributed by atoms with Gasteiger partial charge in [0.05, 0.1) is 12.2 Å². The second-order valence-corrected chi connectivity index (χ2v) is 7.09. The molecule has 32 heavy (non-hydrogen) atoms. The highest BCUT2D eigenvalue weighted by molar-refractivity contribution is 5.71. The summed E-state index contributed by atoms with van der Waals surface area (Å²) in [5.74, 6) is 0.765. The van der Waals surface area contributed by atoms with Gasteiger partial charge in [-0.3, -0.25) is 0 Å². The molecule has 0 aliphatic heterocycles. The lowest BCUT2D eigenvalue weighted by molar-refractivity contribution is -0.145. The first kappa shape index (κ1) is 23.2. The molecule has 0 unspecified atom stereocenters. The van der Waals surface area contributed by atoms with Crippen molar-refractivity contribution in [2.75, 3.05) is 13.2 Å². The van der Waals surface area contributed by atoms with Crippen LogP contribution in [-0.2, 0) is 22.3 Å². The van der Waals surface area contributed by atoms with E-state index < -0.39 is 17.7 Å². The Balaban J connectivity index is 1.63. The number of alkyl halides is 3. The van der Waals surface area contributed by atoms with E-state index in [2.05, 4.69) is 0 Å². The summed E-state index contributed by atoms with van der Waals surface area (Å²) in [6.45, 7) is 4.00. The molecule has 7 heteroatoms. The van der Waals surface area contributed by atoms with E-state index in [9.17, 15) is 18.0 Å². The highest BCUT2D eigenvalue weighted by atomic mass is 19.4. The molecule has 0 bridgehead atoms. The van der Waals surface area contributed by atoms with E-state index >= 15 is 0 Å². The number of esters is 1. The van der Waals surface area contributed by atoms with Gasteiger partial charge in [0, 0.05) is 0 Å². The lowest BCUT2D eigenvalue weighted by atomic mass is 10.0. The van der Waals surface area contributed by atoms with Gasteiger partial charge in [-0.2, -0.15) is 13.2 Å². The number of aryl methyl sites for hydroxylation is 1. The van der Waals surface area contributed by atoms with Crippen LogP contribution in [0.4, 0.5) is 13.2 Å². The SMILES string of the molecule is CCOC(=O)COc1ccc(OCc2cccc(-c3ccc(C(F)(F)F)cc3)c2)cc1C. The summed E-state index contributed by atoms with van der Waals surface area (Å²) in [5, 5.41) is 0. The molecule has 0 fully saturated rings. The van der Waals surface area contributed by atoms with E-state index in [1.807, 2.05) is 31.2 Å². The van der Waals surface area contributed by atoms with Crippen LogP contribution in [0.3, 0.4) is 0 Å². The quantitative estimate of drug-likeness (QED) is 0.388. The molecule has 3 rings (SSSR count). The number of carbonyl (C=O) groups excluding carboxylic acids is 1. The van der Waals surface area contributed by atoms with Crippen LogP contribution in [0.2, 0.25) is 0 Å². The van der Waals surface area contributed by atoms with Gasteiger partial charge in [0.2, 0.25) is 0 Å². The molecule has 4 nitrogen and oxygen atoms in total. The first-order valence-electron chi connectivity index (χ1n) is 10.0. The van der Waals surface area contributed by atoms with Crippen molar-refractivity contribution in [3.05, 3.63) is 83.4 Å². The number of hydrogen-bond donors (Lipinski definition) is 0. The Morgan fingerprint density at radius 1 is 0.906 bits per heavy atom. The first-order chi connectivity index (χ1) is 15.3. The molecule has 0 spiro atoms. The zero-order valence-electron chi connectivity index (χ0n) is 17.7.